The summed E-state index contributed by atoms with van der Waals surface area (Å²) in [6, 6.07) is 8.66. The maximum Gasteiger partial charge on any atom is 0.270 e. The Labute approximate surface area is 170 Å². The fraction of sp³-hybridized carbons (Fsp3) is 0.368. The summed E-state index contributed by atoms with van der Waals surface area (Å²) < 4.78 is 21.8. The van der Waals surface area contributed by atoms with E-state index < -0.39 is 27.6 Å². The molecule has 0 bridgehead atoms. The van der Waals surface area contributed by atoms with Gasteiger partial charge in [0.05, 0.1) is 16.4 Å². The third-order valence-corrected chi connectivity index (χ3v) is 6.42. The molecule has 1 aromatic rings. The monoisotopic (exact) mass is 414 g/mol. The molecule has 1 saturated carbocycles. The number of nitrogens with one attached hydrogen (secondary N) is 2. The van der Waals surface area contributed by atoms with Crippen LogP contribution in [-0.4, -0.2) is 49.0 Å². The van der Waals surface area contributed by atoms with E-state index in [-0.39, 0.29) is 43.0 Å². The highest BCUT2D eigenvalue weighted by Crippen LogP contribution is 2.42. The minimum Gasteiger partial charge on any atom is -0.772 e. The van der Waals surface area contributed by atoms with Crippen LogP contribution in [-0.2, 0) is 27.2 Å². The fourth-order valence-corrected chi connectivity index (χ4v) is 3.86. The number of hydrogen-bond acceptors (Lipinski definition) is 7. The molecule has 0 aromatic heterocycles. The Morgan fingerprint density at radius 1 is 1.38 bits per heavy atom. The van der Waals surface area contributed by atoms with Crippen LogP contribution >= 0.6 is 0 Å². The Balaban J connectivity index is 1.62. The number of hydrogen-bond donors (Lipinski definition) is 3. The number of rotatable bonds is 7. The van der Waals surface area contributed by atoms with Crippen molar-refractivity contribution in [3.8, 4) is 6.07 Å². The Bertz CT molecular complexity index is 960. The van der Waals surface area contributed by atoms with E-state index in [9.17, 15) is 18.4 Å². The highest BCUT2D eigenvalue weighted by atomic mass is 32.2. The normalized spacial score (nSPS) is 18.8. The first-order valence-corrected chi connectivity index (χ1v) is 10.1. The summed E-state index contributed by atoms with van der Waals surface area (Å²) in [5.74, 6) is -1.21. The van der Waals surface area contributed by atoms with E-state index in [0.717, 1.165) is 5.56 Å². The van der Waals surface area contributed by atoms with Gasteiger partial charge in [0.25, 0.3) is 11.8 Å². The molecule has 1 fully saturated rings. The molecular weight excluding hydrogens is 394 g/mol. The Hall–Kier alpha value is -3.03. The maximum absolute atomic E-state index is 12.5. The zero-order chi connectivity index (χ0) is 21.2. The predicted octanol–water partition coefficient (Wildman–Crippen LogP) is 0.0511. The van der Waals surface area contributed by atoms with Gasteiger partial charge >= 0.3 is 0 Å². The number of nitrogens with zero attached hydrogens (tertiary/aromatic N) is 2. The van der Waals surface area contributed by atoms with Gasteiger partial charge in [0, 0.05) is 25.2 Å². The summed E-state index contributed by atoms with van der Waals surface area (Å²) in [5, 5.41) is 19.5. The maximum atomic E-state index is 12.5. The van der Waals surface area contributed by atoms with Crippen LogP contribution in [0.5, 0.6) is 0 Å². The summed E-state index contributed by atoms with van der Waals surface area (Å²) in [4.78, 5) is 26.2. The summed E-state index contributed by atoms with van der Waals surface area (Å²) in [7, 11) is 0. The van der Waals surface area contributed by atoms with Crippen LogP contribution in [0.4, 0.5) is 0 Å². The van der Waals surface area contributed by atoms with Crippen molar-refractivity contribution in [1.82, 2.24) is 10.2 Å². The van der Waals surface area contributed by atoms with Crippen molar-refractivity contribution < 1.29 is 18.4 Å². The Morgan fingerprint density at radius 3 is 2.59 bits per heavy atom. The van der Waals surface area contributed by atoms with Crippen molar-refractivity contribution in [2.24, 2.45) is 5.73 Å². The van der Waals surface area contributed by atoms with Crippen LogP contribution in [0, 0.1) is 16.7 Å². The standard InChI is InChI=1S/C19H21N5O4S/c20-9-12-1-3-13(4-2-12)10-23-17(25)15(21)14-5-8-24(18(26)16(14)22)11-19(6-7-19)29(27)28/h1-4,21H,5-8,10-11,22H2,(H,23,25)(H,27,28)/p-1. The van der Waals surface area contributed by atoms with Gasteiger partial charge in [-0.2, -0.15) is 5.26 Å². The quantitative estimate of drug-likeness (QED) is 0.421. The lowest BCUT2D eigenvalue weighted by atomic mass is 9.99. The lowest BCUT2D eigenvalue weighted by molar-refractivity contribution is -0.128. The number of amides is 2. The minimum absolute atomic E-state index is 0.0775. The van der Waals surface area contributed by atoms with E-state index in [1.807, 2.05) is 6.07 Å². The molecular formula is C19H20N5O4S-. The molecule has 10 heteroatoms. The SMILES string of the molecule is N#Cc1ccc(CNC(=O)C(=N)C2=C(N)C(=O)N(CC3(S(=O)[O-])CC3)CC2)cc1. The van der Waals surface area contributed by atoms with Crippen LogP contribution in [0.25, 0.3) is 0 Å². The van der Waals surface area contributed by atoms with E-state index in [4.69, 9.17) is 16.4 Å². The molecule has 0 radical (unpaired) electrons. The van der Waals surface area contributed by atoms with Crippen molar-refractivity contribution in [2.75, 3.05) is 13.1 Å². The van der Waals surface area contributed by atoms with E-state index >= 15 is 0 Å². The first-order valence-electron chi connectivity index (χ1n) is 9.01. The van der Waals surface area contributed by atoms with Crippen LogP contribution in [0.3, 0.4) is 0 Å². The molecule has 0 saturated heterocycles. The first kappa shape index (κ1) is 20.7. The second-order valence-corrected chi connectivity index (χ2v) is 8.49. The average molecular weight is 414 g/mol. The number of carbonyl (C=O) groups is 2. The van der Waals surface area contributed by atoms with Gasteiger partial charge in [-0.25, -0.2) is 0 Å². The van der Waals surface area contributed by atoms with E-state index in [1.54, 1.807) is 24.3 Å². The molecule has 4 N–H and O–H groups in total. The van der Waals surface area contributed by atoms with E-state index in [0.29, 0.717) is 18.4 Å². The van der Waals surface area contributed by atoms with Crippen molar-refractivity contribution in [3.63, 3.8) is 0 Å². The summed E-state index contributed by atoms with van der Waals surface area (Å²) in [6.07, 6.45) is 1.23. The first-order chi connectivity index (χ1) is 13.8. The Kier molecular flexibility index (Phi) is 5.81. The molecule has 3 rings (SSSR count). The highest BCUT2D eigenvalue weighted by molar-refractivity contribution is 7.81. The molecule has 152 valence electrons. The van der Waals surface area contributed by atoms with Gasteiger partial charge in [-0.1, -0.05) is 12.1 Å². The van der Waals surface area contributed by atoms with Crippen LogP contribution in [0.2, 0.25) is 0 Å². The van der Waals surface area contributed by atoms with Gasteiger partial charge in [0.15, 0.2) is 0 Å². The number of nitrogens with two attached hydrogens (primary N) is 1. The van der Waals surface area contributed by atoms with Gasteiger partial charge in [-0.3, -0.25) is 19.2 Å². The van der Waals surface area contributed by atoms with Gasteiger partial charge in [-0.15, -0.1) is 0 Å². The van der Waals surface area contributed by atoms with Crippen molar-refractivity contribution in [2.45, 2.75) is 30.6 Å². The van der Waals surface area contributed by atoms with Gasteiger partial charge in [-0.05, 0) is 48.0 Å². The third kappa shape index (κ3) is 4.36. The predicted molar refractivity (Wildman–Crippen MR) is 104 cm³/mol. The van der Waals surface area contributed by atoms with Crippen LogP contribution in [0.15, 0.2) is 35.5 Å². The lowest BCUT2D eigenvalue weighted by Crippen LogP contribution is -2.47. The van der Waals surface area contributed by atoms with Crippen molar-refractivity contribution >= 4 is 28.6 Å². The van der Waals surface area contributed by atoms with E-state index in [1.165, 1.54) is 4.90 Å². The Morgan fingerprint density at radius 2 is 2.03 bits per heavy atom. The molecule has 1 heterocycles. The highest BCUT2D eigenvalue weighted by Gasteiger charge is 2.47. The number of nitriles is 1. The van der Waals surface area contributed by atoms with Gasteiger partial charge in [0.1, 0.15) is 11.4 Å². The van der Waals surface area contributed by atoms with Gasteiger partial charge < -0.3 is 20.5 Å². The lowest BCUT2D eigenvalue weighted by Gasteiger charge is -2.32. The molecule has 29 heavy (non-hydrogen) atoms. The molecule has 2 amide bonds. The fourth-order valence-electron chi connectivity index (χ4n) is 3.16. The molecule has 2 aliphatic rings. The molecule has 1 aromatic carbocycles. The zero-order valence-corrected chi connectivity index (χ0v) is 16.4. The number of carbonyl (C=O) groups excluding carboxylic acids is 2. The summed E-state index contributed by atoms with van der Waals surface area (Å²) >= 11 is -2.27. The number of benzene rings is 1. The molecule has 1 atom stereocenters. The molecule has 1 unspecified atom stereocenters. The second-order valence-electron chi connectivity index (χ2n) is 7.15. The van der Waals surface area contributed by atoms with Crippen molar-refractivity contribution in [1.29, 1.82) is 10.7 Å². The molecule has 9 nitrogen and oxygen atoms in total. The topological polar surface area (TPSA) is 163 Å². The average Bonchev–Trinajstić information content (AvgIpc) is 3.50. The van der Waals surface area contributed by atoms with E-state index in [2.05, 4.69) is 5.32 Å². The third-order valence-electron chi connectivity index (χ3n) is 5.18. The molecule has 1 aliphatic carbocycles. The van der Waals surface area contributed by atoms with Crippen LogP contribution in [0.1, 0.15) is 30.4 Å². The molecule has 1 aliphatic heterocycles. The zero-order valence-electron chi connectivity index (χ0n) is 15.6. The summed E-state index contributed by atoms with van der Waals surface area (Å²) in [6.45, 7) is 0.450. The summed E-state index contributed by atoms with van der Waals surface area (Å²) in [5.41, 5.74) is 6.75. The molecule has 0 spiro atoms. The largest absolute Gasteiger partial charge is 0.772 e. The van der Waals surface area contributed by atoms with Gasteiger partial charge in [0.2, 0.25) is 0 Å². The minimum atomic E-state index is -2.27. The van der Waals surface area contributed by atoms with Crippen molar-refractivity contribution in [3.05, 3.63) is 46.7 Å². The van der Waals surface area contributed by atoms with Crippen LogP contribution < -0.4 is 11.1 Å². The second kappa shape index (κ2) is 8.14. The smallest absolute Gasteiger partial charge is 0.270 e.